The number of hydrogen-bond acceptors (Lipinski definition) is 4. The summed E-state index contributed by atoms with van der Waals surface area (Å²) in [6.45, 7) is 3.77. The quantitative estimate of drug-likeness (QED) is 0.877. The van der Waals surface area contributed by atoms with Crippen molar-refractivity contribution in [3.8, 4) is 0 Å². The molecule has 0 amide bonds. The highest BCUT2D eigenvalue weighted by molar-refractivity contribution is 7.89. The Labute approximate surface area is 128 Å². The number of nitrogen functional groups attached to an aromatic ring is 1. The van der Waals surface area contributed by atoms with Gasteiger partial charge in [-0.3, -0.25) is 0 Å². The van der Waals surface area contributed by atoms with Crippen molar-refractivity contribution >= 4 is 27.0 Å². The molecule has 1 heterocycles. The minimum Gasteiger partial charge on any atom is -0.398 e. The van der Waals surface area contributed by atoms with Crippen LogP contribution in [0, 0.1) is 12.7 Å². The summed E-state index contributed by atoms with van der Waals surface area (Å²) in [5.74, 6) is -0.559. The molecule has 0 saturated carbocycles. The van der Waals surface area contributed by atoms with E-state index in [1.165, 1.54) is 17.4 Å². The second-order valence-corrected chi connectivity index (χ2v) is 8.11. The Morgan fingerprint density at radius 3 is 2.48 bits per heavy atom. The molecule has 2 rings (SSSR count). The number of aryl methyl sites for hydroxylation is 1. The van der Waals surface area contributed by atoms with Crippen molar-refractivity contribution in [3.63, 3.8) is 0 Å². The van der Waals surface area contributed by atoms with Crippen LogP contribution in [0.2, 0.25) is 0 Å². The fourth-order valence-electron chi connectivity index (χ4n) is 1.97. The molecule has 1 aromatic carbocycles. The molecule has 114 valence electrons. The van der Waals surface area contributed by atoms with Crippen LogP contribution in [0.4, 0.5) is 10.1 Å². The van der Waals surface area contributed by atoms with Gasteiger partial charge in [0.05, 0.1) is 11.7 Å². The number of anilines is 1. The Morgan fingerprint density at radius 1 is 1.29 bits per heavy atom. The third-order valence-corrected chi connectivity index (χ3v) is 6.52. The molecule has 2 aromatic rings. The van der Waals surface area contributed by atoms with Gasteiger partial charge in [0.2, 0.25) is 10.0 Å². The normalized spacial score (nSPS) is 13.6. The first-order valence-electron chi connectivity index (χ1n) is 6.33. The average Bonchev–Trinajstić information content (AvgIpc) is 2.83. The van der Waals surface area contributed by atoms with Gasteiger partial charge in [0.1, 0.15) is 10.7 Å². The van der Waals surface area contributed by atoms with Crippen LogP contribution in [0.15, 0.2) is 35.2 Å². The third kappa shape index (κ3) is 3.09. The summed E-state index contributed by atoms with van der Waals surface area (Å²) in [4.78, 5) is 1.98. The van der Waals surface area contributed by atoms with E-state index in [0.717, 1.165) is 21.9 Å². The molecule has 0 radical (unpaired) electrons. The lowest BCUT2D eigenvalue weighted by molar-refractivity contribution is 0.403. The number of nitrogens with two attached hydrogens (primary N) is 1. The van der Waals surface area contributed by atoms with E-state index in [2.05, 4.69) is 0 Å². The molecule has 2 N–H and O–H groups in total. The highest BCUT2D eigenvalue weighted by atomic mass is 32.2. The van der Waals surface area contributed by atoms with E-state index in [-0.39, 0.29) is 16.6 Å². The van der Waals surface area contributed by atoms with Crippen LogP contribution in [0.5, 0.6) is 0 Å². The maximum Gasteiger partial charge on any atom is 0.245 e. The summed E-state index contributed by atoms with van der Waals surface area (Å²) in [5.41, 5.74) is 5.56. The van der Waals surface area contributed by atoms with E-state index >= 15 is 0 Å². The van der Waals surface area contributed by atoms with E-state index in [1.54, 1.807) is 11.3 Å². The number of rotatable bonds is 4. The first-order valence-corrected chi connectivity index (χ1v) is 8.58. The van der Waals surface area contributed by atoms with E-state index in [1.807, 2.05) is 26.0 Å². The van der Waals surface area contributed by atoms with Crippen LogP contribution in [0.1, 0.15) is 22.7 Å². The molecular formula is C14H17FN2O2S2. The molecule has 1 aromatic heterocycles. The fraction of sp³-hybridized carbons (Fsp3) is 0.286. The summed E-state index contributed by atoms with van der Waals surface area (Å²) in [6.07, 6.45) is 0. The number of sulfonamides is 1. The minimum absolute atomic E-state index is 0.0773. The molecule has 21 heavy (non-hydrogen) atoms. The van der Waals surface area contributed by atoms with Crippen molar-refractivity contribution in [2.45, 2.75) is 24.8 Å². The Kier molecular flexibility index (Phi) is 4.36. The second-order valence-electron chi connectivity index (χ2n) is 4.83. The lowest BCUT2D eigenvalue weighted by Crippen LogP contribution is -2.30. The standard InChI is InChI=1S/C14H17FN2O2S2/c1-9-4-6-13(20-9)10(2)17(3)21(18,19)14-7-5-11(15)8-12(14)16/h4-8,10H,16H2,1-3H3. The Balaban J connectivity index is 2.38. The van der Waals surface area contributed by atoms with Gasteiger partial charge in [0.25, 0.3) is 0 Å². The molecule has 0 spiro atoms. The molecule has 1 atom stereocenters. The predicted octanol–water partition coefficient (Wildman–Crippen LogP) is 3.16. The van der Waals surface area contributed by atoms with Gasteiger partial charge < -0.3 is 5.73 Å². The molecular weight excluding hydrogens is 311 g/mol. The summed E-state index contributed by atoms with van der Waals surface area (Å²) in [5, 5.41) is 0. The van der Waals surface area contributed by atoms with Gasteiger partial charge >= 0.3 is 0 Å². The summed E-state index contributed by atoms with van der Waals surface area (Å²) in [6, 6.07) is 6.84. The third-order valence-electron chi connectivity index (χ3n) is 3.35. The van der Waals surface area contributed by atoms with Gasteiger partial charge in [0, 0.05) is 16.8 Å². The van der Waals surface area contributed by atoms with E-state index in [0.29, 0.717) is 0 Å². The monoisotopic (exact) mass is 328 g/mol. The topological polar surface area (TPSA) is 63.4 Å². The summed E-state index contributed by atoms with van der Waals surface area (Å²) >= 11 is 1.54. The van der Waals surface area contributed by atoms with Crippen LogP contribution < -0.4 is 5.73 Å². The van der Waals surface area contributed by atoms with Crippen LogP contribution in [0.25, 0.3) is 0 Å². The number of halogens is 1. The van der Waals surface area contributed by atoms with Crippen molar-refractivity contribution in [1.29, 1.82) is 0 Å². The van der Waals surface area contributed by atoms with Crippen molar-refractivity contribution < 1.29 is 12.8 Å². The molecule has 0 saturated heterocycles. The SMILES string of the molecule is Cc1ccc(C(C)N(C)S(=O)(=O)c2ccc(F)cc2N)s1. The fourth-order valence-corrected chi connectivity index (χ4v) is 4.45. The van der Waals surface area contributed by atoms with E-state index in [4.69, 9.17) is 5.73 Å². The lowest BCUT2D eigenvalue weighted by atomic mass is 10.3. The predicted molar refractivity (Wildman–Crippen MR) is 83.2 cm³/mol. The summed E-state index contributed by atoms with van der Waals surface area (Å²) < 4.78 is 39.6. The van der Waals surface area contributed by atoms with Crippen molar-refractivity contribution in [2.24, 2.45) is 0 Å². The molecule has 0 aliphatic heterocycles. The smallest absolute Gasteiger partial charge is 0.245 e. The first-order chi connectivity index (χ1) is 9.73. The Hall–Kier alpha value is -1.44. The Morgan fingerprint density at radius 2 is 1.95 bits per heavy atom. The molecule has 0 bridgehead atoms. The van der Waals surface area contributed by atoms with Gasteiger partial charge in [-0.15, -0.1) is 11.3 Å². The maximum absolute atomic E-state index is 13.1. The molecule has 0 fully saturated rings. The second kappa shape index (κ2) is 5.75. The molecule has 1 unspecified atom stereocenters. The van der Waals surface area contributed by atoms with Crippen molar-refractivity contribution in [1.82, 2.24) is 4.31 Å². The van der Waals surface area contributed by atoms with E-state index < -0.39 is 15.8 Å². The summed E-state index contributed by atoms with van der Waals surface area (Å²) in [7, 11) is -2.28. The highest BCUT2D eigenvalue weighted by Gasteiger charge is 2.28. The Bertz CT molecular complexity index is 756. The van der Waals surface area contributed by atoms with E-state index in [9.17, 15) is 12.8 Å². The van der Waals surface area contributed by atoms with Crippen LogP contribution in [-0.2, 0) is 10.0 Å². The highest BCUT2D eigenvalue weighted by Crippen LogP contribution is 2.31. The number of benzene rings is 1. The van der Waals surface area contributed by atoms with Gasteiger partial charge in [-0.25, -0.2) is 12.8 Å². The molecule has 0 aliphatic rings. The first kappa shape index (κ1) is 15.9. The zero-order valence-electron chi connectivity index (χ0n) is 12.0. The van der Waals surface area contributed by atoms with Crippen LogP contribution in [-0.4, -0.2) is 19.8 Å². The van der Waals surface area contributed by atoms with Crippen LogP contribution in [0.3, 0.4) is 0 Å². The lowest BCUT2D eigenvalue weighted by Gasteiger charge is -2.24. The number of nitrogens with zero attached hydrogens (tertiary/aromatic N) is 1. The maximum atomic E-state index is 13.1. The molecule has 4 nitrogen and oxygen atoms in total. The zero-order chi connectivity index (χ0) is 15.8. The van der Waals surface area contributed by atoms with Crippen molar-refractivity contribution in [3.05, 3.63) is 45.9 Å². The zero-order valence-corrected chi connectivity index (χ0v) is 13.6. The largest absolute Gasteiger partial charge is 0.398 e. The van der Waals surface area contributed by atoms with Crippen molar-refractivity contribution in [2.75, 3.05) is 12.8 Å². The van der Waals surface area contributed by atoms with Gasteiger partial charge in [-0.2, -0.15) is 4.31 Å². The van der Waals surface area contributed by atoms with Crippen LogP contribution >= 0.6 is 11.3 Å². The molecule has 7 heteroatoms. The molecule has 0 aliphatic carbocycles. The average molecular weight is 328 g/mol. The number of hydrogen-bond donors (Lipinski definition) is 1. The van der Waals surface area contributed by atoms with Gasteiger partial charge in [0.15, 0.2) is 0 Å². The number of thiophene rings is 1. The van der Waals surface area contributed by atoms with Gasteiger partial charge in [-0.05, 0) is 44.2 Å². The minimum atomic E-state index is -3.78. The van der Waals surface area contributed by atoms with Gasteiger partial charge in [-0.1, -0.05) is 0 Å².